The van der Waals surface area contributed by atoms with Gasteiger partial charge >= 0.3 is 0 Å². The second-order valence-electron chi connectivity index (χ2n) is 4.64. The van der Waals surface area contributed by atoms with Gasteiger partial charge in [-0.3, -0.25) is 9.97 Å². The SMILES string of the molecule is CNc1cncc([C@@H]2CCCN2c2ccncc2)n1. The van der Waals surface area contributed by atoms with Gasteiger partial charge in [0.2, 0.25) is 0 Å². The van der Waals surface area contributed by atoms with Gasteiger partial charge < -0.3 is 10.2 Å². The van der Waals surface area contributed by atoms with E-state index < -0.39 is 0 Å². The van der Waals surface area contributed by atoms with E-state index in [-0.39, 0.29) is 0 Å². The van der Waals surface area contributed by atoms with Crippen LogP contribution in [0.1, 0.15) is 24.6 Å². The highest BCUT2D eigenvalue weighted by atomic mass is 15.2. The molecule has 98 valence electrons. The number of anilines is 2. The summed E-state index contributed by atoms with van der Waals surface area (Å²) in [6.45, 7) is 1.06. The van der Waals surface area contributed by atoms with Crippen molar-refractivity contribution in [1.29, 1.82) is 0 Å². The normalized spacial score (nSPS) is 18.6. The minimum Gasteiger partial charge on any atom is -0.372 e. The standard InChI is InChI=1S/C14H17N5/c1-15-14-10-17-9-12(18-14)13-3-2-8-19(13)11-4-6-16-7-5-11/h4-7,9-10,13H,2-3,8H2,1H3,(H,15,18)/t13-/m0/s1. The first-order chi connectivity index (χ1) is 9.38. The van der Waals surface area contributed by atoms with Crippen molar-refractivity contribution < 1.29 is 0 Å². The maximum atomic E-state index is 4.62. The predicted octanol–water partition coefficient (Wildman–Crippen LogP) is 2.25. The van der Waals surface area contributed by atoms with Gasteiger partial charge in [-0.05, 0) is 25.0 Å². The summed E-state index contributed by atoms with van der Waals surface area (Å²) in [4.78, 5) is 15.3. The molecular formula is C14H17N5. The Labute approximate surface area is 112 Å². The van der Waals surface area contributed by atoms with Crippen molar-refractivity contribution in [2.24, 2.45) is 0 Å². The third-order valence-electron chi connectivity index (χ3n) is 3.50. The molecule has 2 aromatic rings. The number of hydrogen-bond donors (Lipinski definition) is 1. The molecule has 0 unspecified atom stereocenters. The molecule has 3 heterocycles. The zero-order valence-corrected chi connectivity index (χ0v) is 11.0. The van der Waals surface area contributed by atoms with Gasteiger partial charge in [0.25, 0.3) is 0 Å². The Hall–Kier alpha value is -2.17. The van der Waals surface area contributed by atoms with Crippen molar-refractivity contribution in [3.63, 3.8) is 0 Å². The van der Waals surface area contributed by atoms with Gasteiger partial charge in [0, 0.05) is 31.7 Å². The second-order valence-corrected chi connectivity index (χ2v) is 4.64. The van der Waals surface area contributed by atoms with Crippen LogP contribution in [0.4, 0.5) is 11.5 Å². The molecular weight excluding hydrogens is 238 g/mol. The highest BCUT2D eigenvalue weighted by Crippen LogP contribution is 2.34. The minimum absolute atomic E-state index is 0.309. The van der Waals surface area contributed by atoms with Crippen LogP contribution in [-0.2, 0) is 0 Å². The molecule has 1 aliphatic heterocycles. The van der Waals surface area contributed by atoms with Crippen molar-refractivity contribution in [3.8, 4) is 0 Å². The third kappa shape index (κ3) is 2.36. The molecule has 19 heavy (non-hydrogen) atoms. The van der Waals surface area contributed by atoms with Gasteiger partial charge in [0.15, 0.2) is 0 Å². The van der Waals surface area contributed by atoms with Crippen LogP contribution in [-0.4, -0.2) is 28.5 Å². The summed E-state index contributed by atoms with van der Waals surface area (Å²) in [5.41, 5.74) is 2.23. The molecule has 0 radical (unpaired) electrons. The number of pyridine rings is 1. The number of nitrogens with zero attached hydrogens (tertiary/aromatic N) is 4. The van der Waals surface area contributed by atoms with Crippen molar-refractivity contribution in [3.05, 3.63) is 42.6 Å². The molecule has 0 bridgehead atoms. The fourth-order valence-corrected chi connectivity index (χ4v) is 2.58. The number of hydrogen-bond acceptors (Lipinski definition) is 5. The van der Waals surface area contributed by atoms with E-state index in [2.05, 4.69) is 25.2 Å². The average molecular weight is 255 g/mol. The number of nitrogens with one attached hydrogen (secondary N) is 1. The van der Waals surface area contributed by atoms with Crippen LogP contribution in [0.3, 0.4) is 0 Å². The monoisotopic (exact) mass is 255 g/mol. The minimum atomic E-state index is 0.309. The van der Waals surface area contributed by atoms with Crippen molar-refractivity contribution in [2.45, 2.75) is 18.9 Å². The van der Waals surface area contributed by atoms with E-state index in [1.54, 1.807) is 6.20 Å². The molecule has 1 fully saturated rings. The highest BCUT2D eigenvalue weighted by molar-refractivity contribution is 5.48. The topological polar surface area (TPSA) is 53.9 Å². The summed E-state index contributed by atoms with van der Waals surface area (Å²) in [6.07, 6.45) is 9.57. The Kier molecular flexibility index (Phi) is 3.27. The van der Waals surface area contributed by atoms with Gasteiger partial charge in [0.05, 0.1) is 24.1 Å². The van der Waals surface area contributed by atoms with Crippen molar-refractivity contribution in [2.75, 3.05) is 23.8 Å². The Balaban J connectivity index is 1.90. The van der Waals surface area contributed by atoms with Crippen LogP contribution in [0.2, 0.25) is 0 Å². The average Bonchev–Trinajstić information content (AvgIpc) is 2.98. The van der Waals surface area contributed by atoms with Gasteiger partial charge in [-0.15, -0.1) is 0 Å². The molecule has 3 rings (SSSR count). The molecule has 2 aromatic heterocycles. The van der Waals surface area contributed by atoms with Crippen molar-refractivity contribution in [1.82, 2.24) is 15.0 Å². The van der Waals surface area contributed by atoms with Crippen LogP contribution >= 0.6 is 0 Å². The van der Waals surface area contributed by atoms with Gasteiger partial charge in [-0.25, -0.2) is 4.98 Å². The highest BCUT2D eigenvalue weighted by Gasteiger charge is 2.27. The maximum Gasteiger partial charge on any atom is 0.144 e. The summed E-state index contributed by atoms with van der Waals surface area (Å²) in [5.74, 6) is 0.819. The van der Waals surface area contributed by atoms with E-state index in [0.717, 1.165) is 24.5 Å². The van der Waals surface area contributed by atoms with Gasteiger partial charge in [-0.2, -0.15) is 0 Å². The van der Waals surface area contributed by atoms with Crippen molar-refractivity contribution >= 4 is 11.5 Å². The summed E-state index contributed by atoms with van der Waals surface area (Å²) in [7, 11) is 1.86. The maximum absolute atomic E-state index is 4.62. The van der Waals surface area contributed by atoms with E-state index in [4.69, 9.17) is 0 Å². The molecule has 0 spiro atoms. The lowest BCUT2D eigenvalue weighted by atomic mass is 10.1. The molecule has 0 saturated carbocycles. The summed E-state index contributed by atoms with van der Waals surface area (Å²) >= 11 is 0. The first-order valence-corrected chi connectivity index (χ1v) is 6.55. The first kappa shape index (κ1) is 11.9. The van der Waals surface area contributed by atoms with E-state index in [1.165, 1.54) is 12.1 Å². The van der Waals surface area contributed by atoms with Crippen LogP contribution < -0.4 is 10.2 Å². The molecule has 1 aliphatic rings. The fourth-order valence-electron chi connectivity index (χ4n) is 2.58. The molecule has 0 aliphatic carbocycles. The Morgan fingerprint density at radius 2 is 2.05 bits per heavy atom. The fraction of sp³-hybridized carbons (Fsp3) is 0.357. The number of aromatic nitrogens is 3. The Morgan fingerprint density at radius 3 is 2.84 bits per heavy atom. The lowest BCUT2D eigenvalue weighted by Gasteiger charge is -2.26. The molecule has 1 N–H and O–H groups in total. The lowest BCUT2D eigenvalue weighted by Crippen LogP contribution is -2.23. The molecule has 5 nitrogen and oxygen atoms in total. The number of rotatable bonds is 3. The smallest absolute Gasteiger partial charge is 0.144 e. The van der Waals surface area contributed by atoms with Gasteiger partial charge in [-0.1, -0.05) is 0 Å². The van der Waals surface area contributed by atoms with Crippen LogP contribution in [0.25, 0.3) is 0 Å². The van der Waals surface area contributed by atoms with Crippen LogP contribution in [0.15, 0.2) is 36.9 Å². The summed E-state index contributed by atoms with van der Waals surface area (Å²) in [6, 6.07) is 4.41. The van der Waals surface area contributed by atoms with Gasteiger partial charge in [0.1, 0.15) is 5.82 Å². The summed E-state index contributed by atoms with van der Waals surface area (Å²) < 4.78 is 0. The predicted molar refractivity (Wildman–Crippen MR) is 75.1 cm³/mol. The molecule has 0 aromatic carbocycles. The quantitative estimate of drug-likeness (QED) is 0.911. The second kappa shape index (κ2) is 5.22. The van der Waals surface area contributed by atoms with E-state index in [0.29, 0.717) is 6.04 Å². The Bertz CT molecular complexity index is 543. The largest absolute Gasteiger partial charge is 0.372 e. The molecule has 1 atom stereocenters. The first-order valence-electron chi connectivity index (χ1n) is 6.55. The molecule has 5 heteroatoms. The lowest BCUT2D eigenvalue weighted by molar-refractivity contribution is 0.690. The van der Waals surface area contributed by atoms with E-state index in [9.17, 15) is 0 Å². The molecule has 1 saturated heterocycles. The third-order valence-corrected chi connectivity index (χ3v) is 3.50. The Morgan fingerprint density at radius 1 is 1.21 bits per heavy atom. The molecule has 0 amide bonds. The summed E-state index contributed by atoms with van der Waals surface area (Å²) in [5, 5.41) is 3.04. The zero-order valence-electron chi connectivity index (χ0n) is 11.0. The van der Waals surface area contributed by atoms with E-state index in [1.807, 2.05) is 37.8 Å². The zero-order chi connectivity index (χ0) is 13.1. The van der Waals surface area contributed by atoms with E-state index >= 15 is 0 Å². The van der Waals surface area contributed by atoms with Crippen LogP contribution in [0, 0.1) is 0 Å². The van der Waals surface area contributed by atoms with Crippen LogP contribution in [0.5, 0.6) is 0 Å².